The van der Waals surface area contributed by atoms with E-state index < -0.39 is 151 Å². The van der Waals surface area contributed by atoms with Crippen LogP contribution in [0.5, 0.6) is 0 Å². The SMILES string of the molecule is CC(C)CC(NC(=O)C(N)Cc1ccccc1)C(=O)NC(CO)C(=O)NC(Cc1cnc[nH]1)C(=O)NC(CCC(=O)O)C(=O)NC(CC(N)=O)C(=O)NC(C)C(=O)NC(C)C(=O)NC(C(=O)O)C(C)C. The lowest BCUT2D eigenvalue weighted by Crippen LogP contribution is -2.61. The number of aromatic amines is 1. The van der Waals surface area contributed by atoms with Gasteiger partial charge in [0.15, 0.2) is 0 Å². The van der Waals surface area contributed by atoms with E-state index in [9.17, 15) is 68.1 Å². The topological polar surface area (TPSA) is 425 Å². The fourth-order valence-corrected chi connectivity index (χ4v) is 6.57. The molecule has 0 fully saturated rings. The molecule has 26 heteroatoms. The number of aliphatic carboxylic acids is 2. The third-order valence-electron chi connectivity index (χ3n) is 10.5. The first-order valence-corrected chi connectivity index (χ1v) is 22.4. The monoisotopic (exact) mass is 986 g/mol. The molecule has 1 aromatic heterocycles. The fraction of sp³-hybridized carbons (Fsp3) is 0.545. The van der Waals surface area contributed by atoms with Gasteiger partial charge in [0.05, 0.1) is 25.4 Å². The number of hydrogen-bond donors (Lipinski definition) is 14. The van der Waals surface area contributed by atoms with Gasteiger partial charge in [0.1, 0.15) is 48.3 Å². The molecule has 2 aromatic rings. The number of aromatic nitrogens is 2. The highest BCUT2D eigenvalue weighted by molar-refractivity contribution is 5.99. The number of nitrogens with zero attached hydrogens (tertiary/aromatic N) is 1. The van der Waals surface area contributed by atoms with Gasteiger partial charge in [-0.1, -0.05) is 58.0 Å². The van der Waals surface area contributed by atoms with Crippen LogP contribution >= 0.6 is 0 Å². The number of H-pyrrole nitrogens is 1. The van der Waals surface area contributed by atoms with Crippen LogP contribution in [0.4, 0.5) is 0 Å². The maximum atomic E-state index is 14.0. The van der Waals surface area contributed by atoms with Gasteiger partial charge in [0.2, 0.25) is 53.2 Å². The minimum absolute atomic E-state index is 0.103. The molecule has 0 radical (unpaired) electrons. The van der Waals surface area contributed by atoms with Gasteiger partial charge < -0.3 is 74.3 Å². The summed E-state index contributed by atoms with van der Waals surface area (Å²) in [4.78, 5) is 149. The smallest absolute Gasteiger partial charge is 0.326 e. The van der Waals surface area contributed by atoms with Crippen LogP contribution < -0.4 is 54.0 Å². The molecule has 9 unspecified atom stereocenters. The summed E-state index contributed by atoms with van der Waals surface area (Å²) in [7, 11) is 0. The number of carboxylic acids is 2. The van der Waals surface area contributed by atoms with Crippen LogP contribution in [0.1, 0.15) is 78.5 Å². The lowest BCUT2D eigenvalue weighted by atomic mass is 10.0. The number of rotatable bonds is 30. The van der Waals surface area contributed by atoms with Crippen LogP contribution in [0, 0.1) is 11.8 Å². The molecule has 26 nitrogen and oxygen atoms in total. The lowest BCUT2D eigenvalue weighted by molar-refractivity contribution is -0.143. The van der Waals surface area contributed by atoms with Crippen molar-refractivity contribution >= 4 is 65.1 Å². The summed E-state index contributed by atoms with van der Waals surface area (Å²) in [6, 6.07) is -4.21. The van der Waals surface area contributed by atoms with E-state index in [1.165, 1.54) is 26.4 Å². The first-order valence-electron chi connectivity index (χ1n) is 22.4. The zero-order chi connectivity index (χ0) is 52.8. The number of nitrogens with one attached hydrogen (secondary N) is 9. The van der Waals surface area contributed by atoms with Gasteiger partial charge >= 0.3 is 11.9 Å². The van der Waals surface area contributed by atoms with Crippen molar-refractivity contribution in [1.29, 1.82) is 0 Å². The molecule has 9 amide bonds. The van der Waals surface area contributed by atoms with Gasteiger partial charge in [-0.15, -0.1) is 0 Å². The summed E-state index contributed by atoms with van der Waals surface area (Å²) in [5, 5.41) is 47.9. The normalized spacial score (nSPS) is 14.9. The molecule has 0 spiro atoms. The van der Waals surface area contributed by atoms with Gasteiger partial charge in [-0.3, -0.25) is 47.9 Å². The molecule has 1 heterocycles. The molecular weight excluding hydrogens is 921 g/mol. The zero-order valence-corrected chi connectivity index (χ0v) is 39.8. The number of hydrogen-bond acceptors (Lipinski definition) is 14. The Labute approximate surface area is 403 Å². The highest BCUT2D eigenvalue weighted by Gasteiger charge is 2.35. The number of aliphatic hydroxyl groups is 1. The zero-order valence-electron chi connectivity index (χ0n) is 39.8. The molecule has 0 aliphatic carbocycles. The Balaban J connectivity index is 2.28. The predicted molar refractivity (Wildman–Crippen MR) is 247 cm³/mol. The number of benzene rings is 1. The highest BCUT2D eigenvalue weighted by atomic mass is 16.4. The standard InChI is InChI=1S/C44H66N12O14/c1-21(2)14-29(52-38(63)27(45)15-25-10-8-7-9-11-25)41(66)55-32(19-57)43(68)53-30(16-26-18-47-20-48-26)42(67)51-28(12-13-34(59)60)39(64)54-31(17-33(46)58)40(65)50-23(5)36(61)49-24(6)37(62)56-35(22(3)4)44(69)70/h7-11,18,20-24,27-32,35,57H,12-17,19,45H2,1-6H3,(H2,46,58)(H,47,48)(H,49,61)(H,50,65)(H,51,67)(H,52,63)(H,53,68)(H,54,64)(H,55,66)(H,56,62)(H,59,60)(H,69,70). The molecule has 0 aliphatic heterocycles. The summed E-state index contributed by atoms with van der Waals surface area (Å²) in [6.07, 6.45) is 0.309. The molecular formula is C44H66N12O14. The van der Waals surface area contributed by atoms with Crippen molar-refractivity contribution in [2.45, 2.75) is 134 Å². The van der Waals surface area contributed by atoms with Crippen LogP contribution in [-0.2, 0) is 65.6 Å². The maximum Gasteiger partial charge on any atom is 0.326 e. The van der Waals surface area contributed by atoms with E-state index in [0.717, 1.165) is 5.56 Å². The largest absolute Gasteiger partial charge is 0.481 e. The number of amides is 9. The number of carboxylic acid groups (broad SMARTS) is 2. The number of carbonyl (C=O) groups is 11. The van der Waals surface area contributed by atoms with E-state index in [1.54, 1.807) is 58.0 Å². The second-order valence-electron chi connectivity index (χ2n) is 17.3. The molecule has 386 valence electrons. The van der Waals surface area contributed by atoms with Gasteiger partial charge in [-0.05, 0) is 50.5 Å². The van der Waals surface area contributed by atoms with Crippen molar-refractivity contribution in [2.24, 2.45) is 23.3 Å². The van der Waals surface area contributed by atoms with Crippen molar-refractivity contribution in [3.05, 3.63) is 54.1 Å². The van der Waals surface area contributed by atoms with E-state index in [4.69, 9.17) is 11.5 Å². The molecule has 70 heavy (non-hydrogen) atoms. The number of imidazole rings is 1. The Morgan fingerprint density at radius 1 is 0.614 bits per heavy atom. The second-order valence-corrected chi connectivity index (χ2v) is 17.3. The Morgan fingerprint density at radius 3 is 1.64 bits per heavy atom. The van der Waals surface area contributed by atoms with Crippen molar-refractivity contribution in [1.82, 2.24) is 52.5 Å². The number of primary amides is 1. The summed E-state index contributed by atoms with van der Waals surface area (Å²) in [5.74, 6) is -12.3. The average molecular weight is 987 g/mol. The van der Waals surface area contributed by atoms with E-state index in [0.29, 0.717) is 0 Å². The third kappa shape index (κ3) is 20.4. The Hall–Kier alpha value is -7.48. The Morgan fingerprint density at radius 2 is 1.11 bits per heavy atom. The first kappa shape index (κ1) is 58.6. The molecule has 0 saturated heterocycles. The van der Waals surface area contributed by atoms with Gasteiger partial charge in [0, 0.05) is 24.7 Å². The van der Waals surface area contributed by atoms with E-state index in [1.807, 2.05) is 0 Å². The molecule has 2 rings (SSSR count). The minimum atomic E-state index is -1.81. The maximum absolute atomic E-state index is 14.0. The molecule has 0 bridgehead atoms. The van der Waals surface area contributed by atoms with Gasteiger partial charge in [0.25, 0.3) is 0 Å². The summed E-state index contributed by atoms with van der Waals surface area (Å²) in [5.41, 5.74) is 12.5. The van der Waals surface area contributed by atoms with Crippen LogP contribution in [0.25, 0.3) is 0 Å². The van der Waals surface area contributed by atoms with E-state index >= 15 is 0 Å². The molecule has 1 aromatic carbocycles. The fourth-order valence-electron chi connectivity index (χ4n) is 6.57. The summed E-state index contributed by atoms with van der Waals surface area (Å²) in [6.45, 7) is 8.15. The third-order valence-corrected chi connectivity index (χ3v) is 10.5. The van der Waals surface area contributed by atoms with Gasteiger partial charge in [-0.25, -0.2) is 9.78 Å². The molecule has 0 saturated carbocycles. The second kappa shape index (κ2) is 28.8. The average Bonchev–Trinajstić information content (AvgIpc) is 3.80. The number of aliphatic hydroxyl groups excluding tert-OH is 1. The van der Waals surface area contributed by atoms with Crippen LogP contribution in [0.15, 0.2) is 42.9 Å². The molecule has 9 atom stereocenters. The van der Waals surface area contributed by atoms with Crippen LogP contribution in [0.2, 0.25) is 0 Å². The molecule has 16 N–H and O–H groups in total. The highest BCUT2D eigenvalue weighted by Crippen LogP contribution is 2.10. The van der Waals surface area contributed by atoms with Gasteiger partial charge in [-0.2, -0.15) is 0 Å². The van der Waals surface area contributed by atoms with Crippen molar-refractivity contribution in [2.75, 3.05) is 6.61 Å². The minimum Gasteiger partial charge on any atom is -0.481 e. The van der Waals surface area contributed by atoms with Crippen molar-refractivity contribution < 1.29 is 68.1 Å². The Bertz CT molecular complexity index is 2140. The van der Waals surface area contributed by atoms with E-state index in [-0.39, 0.29) is 30.9 Å². The Kier molecular flexibility index (Phi) is 24.1. The van der Waals surface area contributed by atoms with Crippen LogP contribution in [-0.4, -0.2) is 151 Å². The summed E-state index contributed by atoms with van der Waals surface area (Å²) >= 11 is 0. The van der Waals surface area contributed by atoms with Crippen molar-refractivity contribution in [3.8, 4) is 0 Å². The quantitative estimate of drug-likeness (QED) is 0.0354. The molecule has 0 aliphatic rings. The van der Waals surface area contributed by atoms with Crippen LogP contribution in [0.3, 0.4) is 0 Å². The number of carbonyl (C=O) groups excluding carboxylic acids is 9. The predicted octanol–water partition coefficient (Wildman–Crippen LogP) is -4.04. The first-order chi connectivity index (χ1) is 32.8. The van der Waals surface area contributed by atoms with Crippen molar-refractivity contribution in [3.63, 3.8) is 0 Å². The lowest BCUT2D eigenvalue weighted by Gasteiger charge is -2.27. The summed E-state index contributed by atoms with van der Waals surface area (Å²) < 4.78 is 0. The number of nitrogens with two attached hydrogens (primary N) is 2. The van der Waals surface area contributed by atoms with E-state index in [2.05, 4.69) is 52.5 Å².